The van der Waals surface area contributed by atoms with Crippen molar-refractivity contribution >= 4 is 11.9 Å². The monoisotopic (exact) mass is 630 g/mol. The Morgan fingerprint density at radius 1 is 0.465 bits per heavy atom. The molecule has 43 heavy (non-hydrogen) atoms. The number of unbranched alkanes of at least 4 members (excludes halogenated alkanes) is 6. The highest BCUT2D eigenvalue weighted by atomic mass is 19.2. The molecule has 14 heteroatoms. The lowest BCUT2D eigenvalue weighted by Gasteiger charge is -2.09. The number of rotatable bonds is 27. The van der Waals surface area contributed by atoms with E-state index < -0.39 is 47.2 Å². The van der Waals surface area contributed by atoms with E-state index in [-0.39, 0.29) is 39.0 Å². The lowest BCUT2D eigenvalue weighted by atomic mass is 10.1. The summed E-state index contributed by atoms with van der Waals surface area (Å²) in [5.41, 5.74) is 0. The van der Waals surface area contributed by atoms with Gasteiger partial charge in [0.05, 0.1) is 72.5 Å². The highest BCUT2D eigenvalue weighted by Gasteiger charge is 2.28. The Labute approximate surface area is 249 Å². The zero-order valence-electron chi connectivity index (χ0n) is 24.7. The molecule has 0 aliphatic carbocycles. The molecule has 9 nitrogen and oxygen atoms in total. The van der Waals surface area contributed by atoms with Crippen molar-refractivity contribution in [3.8, 4) is 5.75 Å². The predicted molar refractivity (Wildman–Crippen MR) is 144 cm³/mol. The number of esters is 2. The molecule has 0 saturated heterocycles. The molecule has 1 rings (SSSR count). The van der Waals surface area contributed by atoms with E-state index in [4.69, 9.17) is 28.4 Å². The van der Waals surface area contributed by atoms with Crippen LogP contribution in [0.4, 0.5) is 22.0 Å². The molecule has 0 atom stereocenters. The molecule has 0 amide bonds. The first kappa shape index (κ1) is 38.6. The molecule has 0 aliphatic rings. The summed E-state index contributed by atoms with van der Waals surface area (Å²) in [6, 6.07) is 0. The topological polar surface area (TPSA) is 98.8 Å². The van der Waals surface area contributed by atoms with Gasteiger partial charge in [0.25, 0.3) is 0 Å². The molecule has 0 heterocycles. The quantitative estimate of drug-likeness (QED) is 0.0314. The van der Waals surface area contributed by atoms with E-state index in [0.717, 1.165) is 19.3 Å². The average molecular weight is 631 g/mol. The van der Waals surface area contributed by atoms with E-state index in [1.165, 1.54) is 25.7 Å². The van der Waals surface area contributed by atoms with Gasteiger partial charge < -0.3 is 33.2 Å². The first-order valence-corrected chi connectivity index (χ1v) is 14.6. The summed E-state index contributed by atoms with van der Waals surface area (Å²) in [6.45, 7) is 4.77. The molecule has 0 fully saturated rings. The van der Waals surface area contributed by atoms with E-state index in [1.807, 2.05) is 0 Å². The molecular formula is C29H43F5O9. The van der Waals surface area contributed by atoms with Gasteiger partial charge in [0.1, 0.15) is 6.61 Å². The van der Waals surface area contributed by atoms with Crippen LogP contribution in [0.2, 0.25) is 0 Å². The summed E-state index contributed by atoms with van der Waals surface area (Å²) < 4.78 is 102. The Bertz CT molecular complexity index is 892. The number of halogens is 5. The van der Waals surface area contributed by atoms with E-state index in [2.05, 4.69) is 11.7 Å². The molecule has 0 spiro atoms. The van der Waals surface area contributed by atoms with Crippen molar-refractivity contribution in [2.75, 3.05) is 72.7 Å². The van der Waals surface area contributed by atoms with Gasteiger partial charge in [0.2, 0.25) is 34.8 Å². The van der Waals surface area contributed by atoms with Gasteiger partial charge in [-0.15, -0.1) is 0 Å². The minimum absolute atomic E-state index is 0.0807. The summed E-state index contributed by atoms with van der Waals surface area (Å²) in [7, 11) is 0. The molecule has 0 aliphatic heterocycles. The molecule has 1 aromatic rings. The fourth-order valence-electron chi connectivity index (χ4n) is 3.49. The molecule has 0 saturated carbocycles. The fourth-order valence-corrected chi connectivity index (χ4v) is 3.49. The summed E-state index contributed by atoms with van der Waals surface area (Å²) in [6.07, 6.45) is 8.01. The molecule has 0 unspecified atom stereocenters. The Hall–Kier alpha value is -2.39. The molecule has 0 radical (unpaired) electrons. The van der Waals surface area contributed by atoms with Gasteiger partial charge in [-0.3, -0.25) is 9.59 Å². The third-order valence-electron chi connectivity index (χ3n) is 5.80. The van der Waals surface area contributed by atoms with E-state index in [0.29, 0.717) is 46.1 Å². The standard InChI is InChI=1S/C29H43F5O9/c1-2-3-4-5-6-7-8-9-22(35)42-21-20-41-19-18-40-17-16-39-15-14-38-13-12-37-11-10-23(36)43-29-27(33)25(31)24(30)26(32)28(29)34/h2-21H2,1H3. The molecular weight excluding hydrogens is 587 g/mol. The first-order chi connectivity index (χ1) is 20.8. The van der Waals surface area contributed by atoms with Crippen LogP contribution < -0.4 is 4.74 Å². The zero-order valence-corrected chi connectivity index (χ0v) is 24.7. The summed E-state index contributed by atoms with van der Waals surface area (Å²) in [4.78, 5) is 23.3. The summed E-state index contributed by atoms with van der Waals surface area (Å²) >= 11 is 0. The maximum Gasteiger partial charge on any atom is 0.313 e. The normalized spacial score (nSPS) is 11.2. The minimum Gasteiger partial charge on any atom is -0.463 e. The summed E-state index contributed by atoms with van der Waals surface area (Å²) in [5, 5.41) is 0. The van der Waals surface area contributed by atoms with Crippen LogP contribution in [-0.2, 0) is 38.0 Å². The van der Waals surface area contributed by atoms with Crippen LogP contribution in [0.1, 0.15) is 64.7 Å². The second kappa shape index (κ2) is 25.0. The van der Waals surface area contributed by atoms with Gasteiger partial charge in [-0.1, -0.05) is 45.4 Å². The Kier molecular flexibility index (Phi) is 22.5. The Morgan fingerprint density at radius 2 is 0.860 bits per heavy atom. The lowest BCUT2D eigenvalue weighted by Crippen LogP contribution is -2.16. The SMILES string of the molecule is CCCCCCCCCC(=O)OCCOCCOCCOCCOCCOCCC(=O)Oc1c(F)c(F)c(F)c(F)c1F. The van der Waals surface area contributed by atoms with E-state index in [9.17, 15) is 31.5 Å². The van der Waals surface area contributed by atoms with Gasteiger partial charge in [-0.25, -0.2) is 13.2 Å². The van der Waals surface area contributed by atoms with Crippen LogP contribution in [0.5, 0.6) is 5.75 Å². The number of carbonyl (C=O) groups is 2. The molecule has 0 bridgehead atoms. The first-order valence-electron chi connectivity index (χ1n) is 14.6. The number of carbonyl (C=O) groups excluding carboxylic acids is 2. The highest BCUT2D eigenvalue weighted by Crippen LogP contribution is 2.29. The third kappa shape index (κ3) is 18.1. The van der Waals surface area contributed by atoms with E-state index in [1.54, 1.807) is 0 Å². The van der Waals surface area contributed by atoms with Gasteiger partial charge in [0, 0.05) is 6.42 Å². The van der Waals surface area contributed by atoms with Crippen LogP contribution in [-0.4, -0.2) is 84.6 Å². The Balaban J connectivity index is 1.85. The average Bonchev–Trinajstić information content (AvgIpc) is 3.00. The van der Waals surface area contributed by atoms with Crippen molar-refractivity contribution in [1.29, 1.82) is 0 Å². The van der Waals surface area contributed by atoms with Crippen LogP contribution in [0.3, 0.4) is 0 Å². The Morgan fingerprint density at radius 3 is 1.35 bits per heavy atom. The van der Waals surface area contributed by atoms with Crippen molar-refractivity contribution in [3.63, 3.8) is 0 Å². The van der Waals surface area contributed by atoms with E-state index >= 15 is 0 Å². The van der Waals surface area contributed by atoms with Gasteiger partial charge in [-0.2, -0.15) is 8.78 Å². The number of benzene rings is 1. The lowest BCUT2D eigenvalue weighted by molar-refractivity contribution is -0.145. The third-order valence-corrected chi connectivity index (χ3v) is 5.80. The van der Waals surface area contributed by atoms with Crippen molar-refractivity contribution < 1.29 is 64.7 Å². The maximum absolute atomic E-state index is 13.5. The zero-order chi connectivity index (χ0) is 31.7. The second-order valence-corrected chi connectivity index (χ2v) is 9.28. The molecule has 0 aromatic heterocycles. The largest absolute Gasteiger partial charge is 0.463 e. The number of ether oxygens (including phenoxy) is 7. The molecule has 248 valence electrons. The smallest absolute Gasteiger partial charge is 0.313 e. The second-order valence-electron chi connectivity index (χ2n) is 9.28. The molecule has 0 N–H and O–H groups in total. The van der Waals surface area contributed by atoms with Gasteiger partial charge in [0.15, 0.2) is 0 Å². The predicted octanol–water partition coefficient (Wildman–Crippen LogP) is 5.44. The maximum atomic E-state index is 13.5. The van der Waals surface area contributed by atoms with Crippen molar-refractivity contribution in [3.05, 3.63) is 29.1 Å². The minimum atomic E-state index is -2.35. The van der Waals surface area contributed by atoms with Gasteiger partial charge >= 0.3 is 11.9 Å². The van der Waals surface area contributed by atoms with Crippen molar-refractivity contribution in [1.82, 2.24) is 0 Å². The molecule has 1 aromatic carbocycles. The van der Waals surface area contributed by atoms with Crippen molar-refractivity contribution in [2.45, 2.75) is 64.7 Å². The summed E-state index contributed by atoms with van der Waals surface area (Å²) in [5.74, 6) is -14.3. The van der Waals surface area contributed by atoms with Crippen LogP contribution in [0.15, 0.2) is 0 Å². The van der Waals surface area contributed by atoms with Crippen LogP contribution in [0, 0.1) is 29.1 Å². The van der Waals surface area contributed by atoms with Crippen LogP contribution >= 0.6 is 0 Å². The number of hydrogen-bond donors (Lipinski definition) is 0. The number of hydrogen-bond acceptors (Lipinski definition) is 9. The highest BCUT2D eigenvalue weighted by molar-refractivity contribution is 5.72. The van der Waals surface area contributed by atoms with Crippen molar-refractivity contribution in [2.24, 2.45) is 0 Å². The van der Waals surface area contributed by atoms with Gasteiger partial charge in [-0.05, 0) is 6.42 Å². The van der Waals surface area contributed by atoms with Crippen LogP contribution in [0.25, 0.3) is 0 Å². The fraction of sp³-hybridized carbons (Fsp3) is 0.724.